The van der Waals surface area contributed by atoms with Crippen LogP contribution in [0, 0.1) is 0 Å². The quantitative estimate of drug-likeness (QED) is 0.920. The van der Waals surface area contributed by atoms with Gasteiger partial charge in [0.15, 0.2) is 0 Å². The number of piperidine rings is 1. The molecule has 1 N–H and O–H groups in total. The number of nitrogens with one attached hydrogen (secondary N) is 1. The zero-order chi connectivity index (χ0) is 14.9. The molecule has 1 atom stereocenters. The van der Waals surface area contributed by atoms with Gasteiger partial charge in [-0.25, -0.2) is 23.1 Å². The van der Waals surface area contributed by atoms with Crippen molar-refractivity contribution in [1.29, 1.82) is 0 Å². The second-order valence-electron chi connectivity index (χ2n) is 5.39. The van der Waals surface area contributed by atoms with Crippen molar-refractivity contribution in [3.8, 4) is 0 Å². The summed E-state index contributed by atoms with van der Waals surface area (Å²) in [5, 5.41) is 1.00. The van der Waals surface area contributed by atoms with Gasteiger partial charge in [0, 0.05) is 24.5 Å². The first-order chi connectivity index (χ1) is 10.0. The van der Waals surface area contributed by atoms with Crippen LogP contribution in [0.2, 0.25) is 0 Å². The van der Waals surface area contributed by atoms with E-state index in [-0.39, 0.29) is 6.04 Å². The lowest BCUT2D eigenvalue weighted by Gasteiger charge is -2.34. The molecule has 6 nitrogen and oxygen atoms in total. The van der Waals surface area contributed by atoms with E-state index in [4.69, 9.17) is 0 Å². The summed E-state index contributed by atoms with van der Waals surface area (Å²) in [4.78, 5) is 10.8. The summed E-state index contributed by atoms with van der Waals surface area (Å²) < 4.78 is 25.5. The molecule has 0 bridgehead atoms. The van der Waals surface area contributed by atoms with E-state index in [1.807, 2.05) is 24.3 Å². The van der Waals surface area contributed by atoms with Gasteiger partial charge in [-0.1, -0.05) is 12.1 Å². The molecule has 0 aliphatic carbocycles. The lowest BCUT2D eigenvalue weighted by Crippen LogP contribution is -2.47. The molecular weight excluding hydrogens is 288 g/mol. The van der Waals surface area contributed by atoms with E-state index in [9.17, 15) is 8.42 Å². The van der Waals surface area contributed by atoms with Gasteiger partial charge in [-0.3, -0.25) is 0 Å². The van der Waals surface area contributed by atoms with Crippen LogP contribution in [0.25, 0.3) is 10.9 Å². The lowest BCUT2D eigenvalue weighted by atomic mass is 10.1. The molecule has 2 aromatic rings. The predicted molar refractivity (Wildman–Crippen MR) is 82.8 cm³/mol. The molecule has 0 radical (unpaired) electrons. The van der Waals surface area contributed by atoms with Crippen LogP contribution in [0.15, 0.2) is 30.6 Å². The summed E-state index contributed by atoms with van der Waals surface area (Å²) in [6, 6.07) is 7.80. The number of hydrogen-bond donors (Lipinski definition) is 1. The molecule has 2 heterocycles. The average molecular weight is 306 g/mol. The average Bonchev–Trinajstić information content (AvgIpc) is 2.45. The number of para-hydroxylation sites is 1. The Morgan fingerprint density at radius 2 is 2.10 bits per heavy atom. The van der Waals surface area contributed by atoms with Crippen molar-refractivity contribution in [3.05, 3.63) is 30.6 Å². The minimum absolute atomic E-state index is 0.0672. The summed E-state index contributed by atoms with van der Waals surface area (Å²) in [6.45, 7) is 1.51. The van der Waals surface area contributed by atoms with Crippen molar-refractivity contribution in [3.63, 3.8) is 0 Å². The first-order valence-corrected chi connectivity index (χ1v) is 8.84. The van der Waals surface area contributed by atoms with Crippen LogP contribution in [0.3, 0.4) is 0 Å². The molecule has 1 aromatic heterocycles. The van der Waals surface area contributed by atoms with Gasteiger partial charge in [-0.2, -0.15) is 0 Å². The number of fused-ring (bicyclic) bond motifs is 1. The van der Waals surface area contributed by atoms with E-state index in [1.54, 1.807) is 6.33 Å². The number of nitrogens with zero attached hydrogens (tertiary/aromatic N) is 3. The van der Waals surface area contributed by atoms with Gasteiger partial charge in [0.2, 0.25) is 10.0 Å². The third kappa shape index (κ3) is 3.30. The van der Waals surface area contributed by atoms with E-state index in [2.05, 4.69) is 19.6 Å². The normalized spacial score (nSPS) is 19.9. The minimum atomic E-state index is -3.18. The van der Waals surface area contributed by atoms with Gasteiger partial charge in [0.25, 0.3) is 0 Å². The summed E-state index contributed by atoms with van der Waals surface area (Å²) in [6.07, 6.45) is 4.55. The lowest BCUT2D eigenvalue weighted by molar-refractivity contribution is 0.466. The van der Waals surface area contributed by atoms with Crippen LogP contribution in [0.1, 0.15) is 12.8 Å². The molecule has 1 fully saturated rings. The van der Waals surface area contributed by atoms with Crippen LogP contribution >= 0.6 is 0 Å². The molecule has 0 unspecified atom stereocenters. The topological polar surface area (TPSA) is 75.2 Å². The fourth-order valence-electron chi connectivity index (χ4n) is 2.81. The number of anilines is 1. The predicted octanol–water partition coefficient (Wildman–Crippen LogP) is 1.15. The van der Waals surface area contributed by atoms with Crippen molar-refractivity contribution >= 4 is 26.7 Å². The molecule has 3 rings (SSSR count). The smallest absolute Gasteiger partial charge is 0.209 e. The molecule has 21 heavy (non-hydrogen) atoms. The van der Waals surface area contributed by atoms with Gasteiger partial charge in [0.05, 0.1) is 11.8 Å². The first kappa shape index (κ1) is 14.2. The van der Waals surface area contributed by atoms with Crippen molar-refractivity contribution in [2.75, 3.05) is 24.2 Å². The summed E-state index contributed by atoms with van der Waals surface area (Å²) in [5.74, 6) is 0.876. The molecular formula is C14H18N4O2S. The SMILES string of the molecule is CS(=O)(=O)N[C@H]1CCCN(c2ncnc3ccccc23)C1. The Bertz CT molecular complexity index is 742. The standard InChI is InChI=1S/C14H18N4O2S/c1-21(19,20)17-11-5-4-8-18(9-11)14-12-6-2-3-7-13(12)15-10-16-14/h2-3,6-7,10-11,17H,4-5,8-9H2,1H3/t11-/m0/s1. The first-order valence-electron chi connectivity index (χ1n) is 6.95. The fourth-order valence-corrected chi connectivity index (χ4v) is 3.61. The van der Waals surface area contributed by atoms with Crippen molar-refractivity contribution in [1.82, 2.24) is 14.7 Å². The highest BCUT2D eigenvalue weighted by atomic mass is 32.2. The summed E-state index contributed by atoms with van der Waals surface area (Å²) >= 11 is 0. The largest absolute Gasteiger partial charge is 0.354 e. The Morgan fingerprint density at radius 1 is 1.29 bits per heavy atom. The fraction of sp³-hybridized carbons (Fsp3) is 0.429. The van der Waals surface area contributed by atoms with Crippen LogP contribution < -0.4 is 9.62 Å². The van der Waals surface area contributed by atoms with Crippen molar-refractivity contribution in [2.24, 2.45) is 0 Å². The van der Waals surface area contributed by atoms with Crippen molar-refractivity contribution < 1.29 is 8.42 Å². The van der Waals surface area contributed by atoms with E-state index in [0.29, 0.717) is 6.54 Å². The Balaban J connectivity index is 1.88. The Labute approximate surface area is 124 Å². The molecule has 0 spiro atoms. The van der Waals surface area contributed by atoms with E-state index in [0.717, 1.165) is 36.1 Å². The highest BCUT2D eigenvalue weighted by Crippen LogP contribution is 2.25. The molecule has 1 aliphatic rings. The van der Waals surface area contributed by atoms with Gasteiger partial charge in [-0.15, -0.1) is 0 Å². The number of aromatic nitrogens is 2. The Kier molecular flexibility index (Phi) is 3.77. The minimum Gasteiger partial charge on any atom is -0.354 e. The van der Waals surface area contributed by atoms with Crippen LogP contribution in [0.4, 0.5) is 5.82 Å². The maximum Gasteiger partial charge on any atom is 0.209 e. The van der Waals surface area contributed by atoms with Gasteiger partial charge in [0.1, 0.15) is 12.1 Å². The molecule has 1 aromatic carbocycles. The monoisotopic (exact) mass is 306 g/mol. The zero-order valence-corrected chi connectivity index (χ0v) is 12.7. The molecule has 0 saturated carbocycles. The second-order valence-corrected chi connectivity index (χ2v) is 7.17. The summed E-state index contributed by atoms with van der Waals surface area (Å²) in [7, 11) is -3.18. The van der Waals surface area contributed by atoms with Crippen molar-refractivity contribution in [2.45, 2.75) is 18.9 Å². The van der Waals surface area contributed by atoms with Crippen LogP contribution in [-0.4, -0.2) is 43.8 Å². The van der Waals surface area contributed by atoms with Gasteiger partial charge in [-0.05, 0) is 25.0 Å². The van der Waals surface area contributed by atoms with E-state index in [1.165, 1.54) is 6.26 Å². The van der Waals surface area contributed by atoms with E-state index < -0.39 is 10.0 Å². The van der Waals surface area contributed by atoms with Gasteiger partial charge < -0.3 is 4.90 Å². The molecule has 1 aliphatic heterocycles. The second kappa shape index (κ2) is 5.57. The summed E-state index contributed by atoms with van der Waals surface area (Å²) in [5.41, 5.74) is 0.903. The zero-order valence-electron chi connectivity index (χ0n) is 11.9. The molecule has 1 saturated heterocycles. The third-order valence-corrected chi connectivity index (χ3v) is 4.38. The molecule has 112 valence electrons. The Hall–Kier alpha value is -1.73. The maximum atomic E-state index is 11.4. The highest BCUT2D eigenvalue weighted by Gasteiger charge is 2.24. The number of sulfonamides is 1. The number of hydrogen-bond acceptors (Lipinski definition) is 5. The Morgan fingerprint density at radius 3 is 2.90 bits per heavy atom. The number of benzene rings is 1. The maximum absolute atomic E-state index is 11.4. The van der Waals surface area contributed by atoms with Crippen LogP contribution in [0.5, 0.6) is 0 Å². The molecule has 0 amide bonds. The third-order valence-electron chi connectivity index (χ3n) is 3.62. The van der Waals surface area contributed by atoms with Gasteiger partial charge >= 0.3 is 0 Å². The molecule has 7 heteroatoms. The van der Waals surface area contributed by atoms with Crippen LogP contribution in [-0.2, 0) is 10.0 Å². The van der Waals surface area contributed by atoms with E-state index >= 15 is 0 Å². The number of rotatable bonds is 3. The highest BCUT2D eigenvalue weighted by molar-refractivity contribution is 7.88.